The van der Waals surface area contributed by atoms with Gasteiger partial charge in [0.1, 0.15) is 5.82 Å². The molecule has 0 bridgehead atoms. The molecule has 1 atom stereocenters. The number of halogens is 3. The van der Waals surface area contributed by atoms with E-state index in [0.717, 1.165) is 44.6 Å². The smallest absolute Gasteiger partial charge is 0.239 e. The van der Waals surface area contributed by atoms with Crippen molar-refractivity contribution in [3.05, 3.63) is 35.6 Å². The molecule has 0 radical (unpaired) electrons. The molecule has 1 fully saturated rings. The van der Waals surface area contributed by atoms with Crippen molar-refractivity contribution >= 4 is 30.7 Å². The molecule has 0 unspecified atom stereocenters. The number of nitrogens with two attached hydrogens (primary N) is 1. The maximum atomic E-state index is 13.0. The van der Waals surface area contributed by atoms with Crippen LogP contribution in [-0.4, -0.2) is 47.9 Å². The van der Waals surface area contributed by atoms with Crippen molar-refractivity contribution in [1.29, 1.82) is 0 Å². The number of benzene rings is 1. The van der Waals surface area contributed by atoms with Gasteiger partial charge in [-0.2, -0.15) is 0 Å². The molecule has 1 aliphatic rings. The Balaban J connectivity index is 0.00000288. The Bertz CT molecular complexity index is 514. The van der Waals surface area contributed by atoms with Crippen LogP contribution in [0.2, 0.25) is 0 Å². The van der Waals surface area contributed by atoms with Gasteiger partial charge in [0.15, 0.2) is 0 Å². The zero-order chi connectivity index (χ0) is 16.8. The Hall–Kier alpha value is -0.880. The van der Waals surface area contributed by atoms with Gasteiger partial charge in [-0.15, -0.1) is 24.8 Å². The average Bonchev–Trinajstić information content (AvgIpc) is 2.74. The van der Waals surface area contributed by atoms with Crippen LogP contribution in [0.1, 0.15) is 32.3 Å². The summed E-state index contributed by atoms with van der Waals surface area (Å²) in [6.45, 7) is 8.22. The van der Waals surface area contributed by atoms with Crippen LogP contribution in [0.3, 0.4) is 0 Å². The molecule has 7 heteroatoms. The lowest BCUT2D eigenvalue weighted by Gasteiger charge is -2.25. The first kappa shape index (κ1) is 24.1. The first-order valence-electron chi connectivity index (χ1n) is 8.47. The molecule has 1 aliphatic heterocycles. The molecule has 0 aliphatic carbocycles. The number of hydrogen-bond acceptors (Lipinski definition) is 3. The second kappa shape index (κ2) is 11.7. The van der Waals surface area contributed by atoms with Crippen molar-refractivity contribution < 1.29 is 9.18 Å². The molecule has 2 N–H and O–H groups in total. The highest BCUT2D eigenvalue weighted by atomic mass is 35.5. The van der Waals surface area contributed by atoms with Crippen LogP contribution >= 0.6 is 24.8 Å². The monoisotopic (exact) mass is 393 g/mol. The van der Waals surface area contributed by atoms with E-state index in [9.17, 15) is 9.18 Å². The first-order chi connectivity index (χ1) is 11.0. The van der Waals surface area contributed by atoms with Gasteiger partial charge in [-0.05, 0) is 36.5 Å². The highest BCUT2D eigenvalue weighted by molar-refractivity contribution is 5.85. The van der Waals surface area contributed by atoms with Crippen molar-refractivity contribution in [2.45, 2.75) is 39.3 Å². The Kier molecular flexibility index (Phi) is 11.3. The molecule has 4 nitrogen and oxygen atoms in total. The van der Waals surface area contributed by atoms with Gasteiger partial charge in [0.05, 0.1) is 6.04 Å². The minimum Gasteiger partial charge on any atom is -0.340 e. The molecule has 1 aromatic rings. The number of amides is 1. The van der Waals surface area contributed by atoms with E-state index in [4.69, 9.17) is 5.73 Å². The first-order valence-corrected chi connectivity index (χ1v) is 8.47. The van der Waals surface area contributed by atoms with E-state index < -0.39 is 6.04 Å². The van der Waals surface area contributed by atoms with Crippen molar-refractivity contribution in [3.8, 4) is 0 Å². The summed E-state index contributed by atoms with van der Waals surface area (Å²) < 4.78 is 13.0. The second-order valence-corrected chi connectivity index (χ2v) is 6.82. The van der Waals surface area contributed by atoms with Gasteiger partial charge in [-0.1, -0.05) is 26.0 Å². The zero-order valence-corrected chi connectivity index (χ0v) is 16.6. The second-order valence-electron chi connectivity index (χ2n) is 6.82. The summed E-state index contributed by atoms with van der Waals surface area (Å²) in [6.07, 6.45) is 1.68. The van der Waals surface area contributed by atoms with Gasteiger partial charge in [-0.3, -0.25) is 9.69 Å². The average molecular weight is 394 g/mol. The fourth-order valence-corrected chi connectivity index (χ4v) is 3.04. The molecule has 25 heavy (non-hydrogen) atoms. The van der Waals surface area contributed by atoms with Crippen molar-refractivity contribution in [2.24, 2.45) is 11.7 Å². The van der Waals surface area contributed by atoms with Crippen LogP contribution in [0, 0.1) is 11.7 Å². The minimum absolute atomic E-state index is 0. The van der Waals surface area contributed by atoms with E-state index >= 15 is 0 Å². The van der Waals surface area contributed by atoms with Crippen LogP contribution < -0.4 is 5.73 Å². The Morgan fingerprint density at radius 3 is 2.36 bits per heavy atom. The lowest BCUT2D eigenvalue weighted by atomic mass is 10.0. The normalized spacial score (nSPS) is 16.6. The van der Waals surface area contributed by atoms with Gasteiger partial charge in [-0.25, -0.2) is 4.39 Å². The van der Waals surface area contributed by atoms with Crippen LogP contribution in [0.15, 0.2) is 24.3 Å². The Labute approximate surface area is 162 Å². The number of carbonyl (C=O) groups is 1. The summed E-state index contributed by atoms with van der Waals surface area (Å²) in [5, 5.41) is 0. The number of nitrogens with zero attached hydrogens (tertiary/aromatic N) is 2. The Morgan fingerprint density at radius 1 is 1.12 bits per heavy atom. The third-order valence-electron chi connectivity index (χ3n) is 4.26. The molecular weight excluding hydrogens is 364 g/mol. The topological polar surface area (TPSA) is 49.6 Å². The summed E-state index contributed by atoms with van der Waals surface area (Å²) in [5.41, 5.74) is 7.13. The van der Waals surface area contributed by atoms with Gasteiger partial charge in [0.25, 0.3) is 0 Å². The lowest BCUT2D eigenvalue weighted by Crippen LogP contribution is -2.45. The van der Waals surface area contributed by atoms with Gasteiger partial charge < -0.3 is 10.6 Å². The largest absolute Gasteiger partial charge is 0.340 e. The van der Waals surface area contributed by atoms with Gasteiger partial charge >= 0.3 is 0 Å². The van der Waals surface area contributed by atoms with E-state index in [2.05, 4.69) is 18.7 Å². The van der Waals surface area contributed by atoms with E-state index in [1.54, 1.807) is 0 Å². The Morgan fingerprint density at radius 2 is 1.76 bits per heavy atom. The highest BCUT2D eigenvalue weighted by Crippen LogP contribution is 2.12. The van der Waals surface area contributed by atoms with Crippen LogP contribution in [0.4, 0.5) is 4.39 Å². The van der Waals surface area contributed by atoms with Crippen LogP contribution in [0.25, 0.3) is 0 Å². The molecule has 1 heterocycles. The van der Waals surface area contributed by atoms with Gasteiger partial charge in [0.2, 0.25) is 5.91 Å². The van der Waals surface area contributed by atoms with Crippen LogP contribution in [-0.2, 0) is 11.3 Å². The summed E-state index contributed by atoms with van der Waals surface area (Å²) in [6, 6.07) is 6.24. The predicted octanol–water partition coefficient (Wildman–Crippen LogP) is 3.08. The maximum absolute atomic E-state index is 13.0. The third kappa shape index (κ3) is 7.90. The molecule has 0 saturated carbocycles. The number of rotatable bonds is 5. The van der Waals surface area contributed by atoms with E-state index in [0.29, 0.717) is 12.5 Å². The van der Waals surface area contributed by atoms with Crippen molar-refractivity contribution in [1.82, 2.24) is 9.80 Å². The summed E-state index contributed by atoms with van der Waals surface area (Å²) in [7, 11) is 0. The highest BCUT2D eigenvalue weighted by Gasteiger charge is 2.24. The van der Waals surface area contributed by atoms with E-state index in [-0.39, 0.29) is 36.5 Å². The quantitative estimate of drug-likeness (QED) is 0.835. The van der Waals surface area contributed by atoms with E-state index in [1.165, 1.54) is 12.1 Å². The van der Waals surface area contributed by atoms with Crippen LogP contribution in [0.5, 0.6) is 0 Å². The summed E-state index contributed by atoms with van der Waals surface area (Å²) >= 11 is 0. The van der Waals surface area contributed by atoms with E-state index in [1.807, 2.05) is 17.0 Å². The fraction of sp³-hybridized carbons (Fsp3) is 0.611. The molecular formula is C18H30Cl2FN3O. The summed E-state index contributed by atoms with van der Waals surface area (Å²) in [4.78, 5) is 16.6. The summed E-state index contributed by atoms with van der Waals surface area (Å²) in [5.74, 6) is 0.291. The lowest BCUT2D eigenvalue weighted by molar-refractivity contribution is -0.132. The molecule has 2 rings (SSSR count). The number of carbonyl (C=O) groups excluding carboxylic acids is 1. The van der Waals surface area contributed by atoms with Crippen molar-refractivity contribution in [3.63, 3.8) is 0 Å². The number of hydrogen-bond donors (Lipinski definition) is 1. The zero-order valence-electron chi connectivity index (χ0n) is 15.0. The minimum atomic E-state index is -0.390. The molecule has 1 amide bonds. The predicted molar refractivity (Wildman–Crippen MR) is 105 cm³/mol. The standard InChI is InChI=1S/C18H28FN3O.2ClH/c1-14(2)12-17(20)18(23)22-9-3-8-21(10-11-22)13-15-4-6-16(19)7-5-15;;/h4-7,14,17H,3,8-13,20H2,1-2H3;2*1H/t17-;;/m0../s1. The van der Waals surface area contributed by atoms with Crippen molar-refractivity contribution in [2.75, 3.05) is 26.2 Å². The molecule has 0 spiro atoms. The third-order valence-corrected chi connectivity index (χ3v) is 4.26. The molecule has 1 saturated heterocycles. The fourth-order valence-electron chi connectivity index (χ4n) is 3.04. The maximum Gasteiger partial charge on any atom is 0.239 e. The van der Waals surface area contributed by atoms with Gasteiger partial charge in [0, 0.05) is 32.7 Å². The molecule has 0 aromatic heterocycles. The molecule has 144 valence electrons. The SMILES string of the molecule is CC(C)C[C@H](N)C(=O)N1CCCN(Cc2ccc(F)cc2)CC1.Cl.Cl. The molecule has 1 aromatic carbocycles.